The van der Waals surface area contributed by atoms with Gasteiger partial charge in [0.05, 0.1) is 0 Å². The van der Waals surface area contributed by atoms with Gasteiger partial charge in [-0.1, -0.05) is 13.8 Å². The van der Waals surface area contributed by atoms with Crippen molar-refractivity contribution < 1.29 is 17.6 Å². The van der Waals surface area contributed by atoms with Crippen molar-refractivity contribution in [2.24, 2.45) is 0 Å². The molecule has 6 N–H and O–H groups in total. The molecule has 0 saturated carbocycles. The number of anilines is 3. The Bertz CT molecular complexity index is 487. The summed E-state index contributed by atoms with van der Waals surface area (Å²) in [6.45, 7) is 4.93. The van der Waals surface area contributed by atoms with Crippen LogP contribution in [0.25, 0.3) is 0 Å². The Morgan fingerprint density at radius 2 is 0.909 bits per heavy atom. The first-order chi connectivity index (χ1) is 10.3. The molecule has 0 spiro atoms. The second-order valence-corrected chi connectivity index (χ2v) is 3.96. The van der Waals surface area contributed by atoms with Crippen LogP contribution in [0.2, 0.25) is 0 Å². The van der Waals surface area contributed by atoms with Gasteiger partial charge in [0.1, 0.15) is 5.69 Å². The predicted molar refractivity (Wildman–Crippen MR) is 82.0 cm³/mol. The van der Waals surface area contributed by atoms with Crippen LogP contribution in [0.5, 0.6) is 0 Å². The molecule has 2 aromatic carbocycles. The number of hydrogen-bond donors (Lipinski definition) is 3. The maximum absolute atomic E-state index is 12.6. The van der Waals surface area contributed by atoms with Gasteiger partial charge in [0.15, 0.2) is 23.3 Å². The molecule has 0 aromatic heterocycles. The Morgan fingerprint density at radius 1 is 0.636 bits per heavy atom. The maximum Gasteiger partial charge on any atom is 0.185 e. The van der Waals surface area contributed by atoms with Gasteiger partial charge >= 0.3 is 0 Å². The SMILES string of the molecule is CC.Cc1c(F)c(F)c(N)c(F)c1F.Nc1ccc(N)cc1. The van der Waals surface area contributed by atoms with Crippen molar-refractivity contribution in [2.75, 3.05) is 17.2 Å². The monoisotopic (exact) mass is 317 g/mol. The normalized spacial score (nSPS) is 9.23. The molecular formula is C15H19F4N3. The number of nitrogen functional groups attached to an aromatic ring is 3. The van der Waals surface area contributed by atoms with E-state index in [-0.39, 0.29) is 0 Å². The van der Waals surface area contributed by atoms with Crippen LogP contribution in [0.1, 0.15) is 19.4 Å². The summed E-state index contributed by atoms with van der Waals surface area (Å²) >= 11 is 0. The van der Waals surface area contributed by atoms with Gasteiger partial charge in [-0.3, -0.25) is 0 Å². The summed E-state index contributed by atoms with van der Waals surface area (Å²) in [5.74, 6) is -6.00. The summed E-state index contributed by atoms with van der Waals surface area (Å²) in [7, 11) is 0. The molecule has 0 unspecified atom stereocenters. The Kier molecular flexibility index (Phi) is 7.79. The van der Waals surface area contributed by atoms with Crippen LogP contribution in [0.4, 0.5) is 34.6 Å². The highest BCUT2D eigenvalue weighted by molar-refractivity contribution is 5.48. The minimum absolute atomic E-state index is 0.709. The maximum atomic E-state index is 12.6. The second kappa shape index (κ2) is 8.76. The first kappa shape index (κ1) is 19.6. The average molecular weight is 317 g/mol. The van der Waals surface area contributed by atoms with Crippen LogP contribution >= 0.6 is 0 Å². The zero-order valence-electron chi connectivity index (χ0n) is 12.6. The summed E-state index contributed by atoms with van der Waals surface area (Å²) in [5, 5.41) is 0. The number of nitrogens with two attached hydrogens (primary N) is 3. The standard InChI is InChI=1S/C7H5F4N.C6H8N2.C2H6/c1-2-3(8)5(10)7(12)6(11)4(2)9;7-5-1-2-6(8)4-3-5;1-2/h12H2,1H3;1-4H,7-8H2;1-2H3. The minimum atomic E-state index is -1.55. The van der Waals surface area contributed by atoms with Gasteiger partial charge in [-0.2, -0.15) is 0 Å². The van der Waals surface area contributed by atoms with Crippen molar-refractivity contribution >= 4 is 17.1 Å². The van der Waals surface area contributed by atoms with E-state index in [4.69, 9.17) is 17.2 Å². The van der Waals surface area contributed by atoms with Gasteiger partial charge in [-0.05, 0) is 31.2 Å². The lowest BCUT2D eigenvalue weighted by molar-refractivity contribution is 0.451. The van der Waals surface area contributed by atoms with Crippen molar-refractivity contribution in [1.29, 1.82) is 0 Å². The Morgan fingerprint density at radius 3 is 1.18 bits per heavy atom. The lowest BCUT2D eigenvalue weighted by atomic mass is 10.2. The summed E-state index contributed by atoms with van der Waals surface area (Å²) in [4.78, 5) is 0. The smallest absolute Gasteiger partial charge is 0.185 e. The van der Waals surface area contributed by atoms with Crippen LogP contribution in [0.15, 0.2) is 24.3 Å². The molecule has 0 aliphatic carbocycles. The topological polar surface area (TPSA) is 78.1 Å². The lowest BCUT2D eigenvalue weighted by Gasteiger charge is -2.04. The molecule has 0 fully saturated rings. The first-order valence-electron chi connectivity index (χ1n) is 6.44. The summed E-state index contributed by atoms with van der Waals surface area (Å²) in [5.41, 5.74) is 15.1. The van der Waals surface area contributed by atoms with Gasteiger partial charge in [-0.25, -0.2) is 17.6 Å². The van der Waals surface area contributed by atoms with Crippen LogP contribution in [-0.4, -0.2) is 0 Å². The molecule has 7 heteroatoms. The quantitative estimate of drug-likeness (QED) is 0.390. The number of rotatable bonds is 0. The molecule has 2 rings (SSSR count). The molecule has 0 amide bonds. The molecule has 0 aliphatic rings. The van der Waals surface area contributed by atoms with Crippen molar-refractivity contribution in [3.63, 3.8) is 0 Å². The van der Waals surface area contributed by atoms with E-state index in [9.17, 15) is 17.6 Å². The van der Waals surface area contributed by atoms with E-state index in [1.165, 1.54) is 0 Å². The average Bonchev–Trinajstić information content (AvgIpc) is 2.54. The zero-order valence-corrected chi connectivity index (χ0v) is 12.6. The molecular weight excluding hydrogens is 298 g/mol. The minimum Gasteiger partial charge on any atom is -0.399 e. The van der Waals surface area contributed by atoms with Crippen LogP contribution in [0, 0.1) is 30.2 Å². The van der Waals surface area contributed by atoms with Crippen molar-refractivity contribution in [3.05, 3.63) is 53.1 Å². The summed E-state index contributed by atoms with van der Waals surface area (Å²) in [6.07, 6.45) is 0. The number of hydrogen-bond acceptors (Lipinski definition) is 3. The molecule has 22 heavy (non-hydrogen) atoms. The van der Waals surface area contributed by atoms with E-state index < -0.39 is 34.5 Å². The zero-order chi connectivity index (χ0) is 17.4. The largest absolute Gasteiger partial charge is 0.399 e. The van der Waals surface area contributed by atoms with Gasteiger partial charge in [0.2, 0.25) is 0 Å². The van der Waals surface area contributed by atoms with Crippen molar-refractivity contribution in [2.45, 2.75) is 20.8 Å². The lowest BCUT2D eigenvalue weighted by Crippen LogP contribution is -2.05. The fraction of sp³-hybridized carbons (Fsp3) is 0.200. The third-order valence-electron chi connectivity index (χ3n) is 2.45. The third kappa shape index (κ3) is 4.83. The van der Waals surface area contributed by atoms with E-state index in [0.717, 1.165) is 18.3 Å². The van der Waals surface area contributed by atoms with Gasteiger partial charge < -0.3 is 17.2 Å². The first-order valence-corrected chi connectivity index (χ1v) is 6.44. The summed E-state index contributed by atoms with van der Waals surface area (Å²) < 4.78 is 50.2. The second-order valence-electron chi connectivity index (χ2n) is 3.96. The van der Waals surface area contributed by atoms with E-state index in [2.05, 4.69) is 0 Å². The van der Waals surface area contributed by atoms with E-state index >= 15 is 0 Å². The van der Waals surface area contributed by atoms with Crippen molar-refractivity contribution in [3.8, 4) is 0 Å². The highest BCUT2D eigenvalue weighted by Gasteiger charge is 2.20. The van der Waals surface area contributed by atoms with Gasteiger partial charge in [0.25, 0.3) is 0 Å². The Hall–Kier alpha value is -2.44. The van der Waals surface area contributed by atoms with Crippen LogP contribution in [0.3, 0.4) is 0 Å². The van der Waals surface area contributed by atoms with E-state index in [0.29, 0.717) is 0 Å². The molecule has 0 aliphatic heterocycles. The fourth-order valence-electron chi connectivity index (χ4n) is 1.25. The highest BCUT2D eigenvalue weighted by Crippen LogP contribution is 2.24. The Balaban J connectivity index is 0.000000382. The molecule has 122 valence electrons. The van der Waals surface area contributed by atoms with Gasteiger partial charge in [0, 0.05) is 16.9 Å². The Labute approximate surface area is 126 Å². The highest BCUT2D eigenvalue weighted by atomic mass is 19.2. The summed E-state index contributed by atoms with van der Waals surface area (Å²) in [6, 6.07) is 7.09. The van der Waals surface area contributed by atoms with Crippen molar-refractivity contribution in [1.82, 2.24) is 0 Å². The molecule has 0 atom stereocenters. The van der Waals surface area contributed by atoms with Crippen LogP contribution in [-0.2, 0) is 0 Å². The van der Waals surface area contributed by atoms with Crippen LogP contribution < -0.4 is 17.2 Å². The molecule has 0 bridgehead atoms. The molecule has 3 nitrogen and oxygen atoms in total. The number of halogens is 4. The molecule has 0 heterocycles. The molecule has 2 aromatic rings. The number of benzene rings is 2. The fourth-order valence-corrected chi connectivity index (χ4v) is 1.25. The van der Waals surface area contributed by atoms with E-state index in [1.54, 1.807) is 24.3 Å². The third-order valence-corrected chi connectivity index (χ3v) is 2.45. The molecule has 0 radical (unpaired) electrons. The predicted octanol–water partition coefficient (Wildman–Crippen LogP) is 4.01. The van der Waals surface area contributed by atoms with E-state index in [1.807, 2.05) is 13.8 Å². The van der Waals surface area contributed by atoms with Gasteiger partial charge in [-0.15, -0.1) is 0 Å². The molecule has 0 saturated heterocycles.